The number of aromatic nitrogens is 5. The Bertz CT molecular complexity index is 1070. The van der Waals surface area contributed by atoms with Crippen LogP contribution in [-0.2, 0) is 13.1 Å². The van der Waals surface area contributed by atoms with Crippen molar-refractivity contribution in [2.24, 2.45) is 0 Å². The number of halogens is 2. The number of nitrogens with zero attached hydrogens (tertiary/aromatic N) is 5. The first-order valence-corrected chi connectivity index (χ1v) is 8.44. The van der Waals surface area contributed by atoms with E-state index in [-0.39, 0.29) is 0 Å². The van der Waals surface area contributed by atoms with E-state index in [1.807, 2.05) is 16.7 Å². The molecule has 0 aliphatic rings. The Morgan fingerprint density at radius 1 is 1.04 bits per heavy atom. The van der Waals surface area contributed by atoms with E-state index in [0.29, 0.717) is 17.9 Å². The zero-order chi connectivity index (χ0) is 18.1. The molecule has 132 valence electrons. The molecule has 26 heavy (non-hydrogen) atoms. The average Bonchev–Trinajstić information content (AvgIpc) is 3.23. The number of benzene rings is 1. The van der Waals surface area contributed by atoms with Gasteiger partial charge in [0.1, 0.15) is 17.2 Å². The third-order valence-corrected chi connectivity index (χ3v) is 4.24. The summed E-state index contributed by atoms with van der Waals surface area (Å²) in [7, 11) is 0. The fourth-order valence-electron chi connectivity index (χ4n) is 3.07. The van der Waals surface area contributed by atoms with Crippen LogP contribution in [0.3, 0.4) is 0 Å². The van der Waals surface area contributed by atoms with Gasteiger partial charge in [-0.15, -0.1) is 0 Å². The van der Waals surface area contributed by atoms with Gasteiger partial charge in [0.25, 0.3) is 0 Å². The highest BCUT2D eigenvalue weighted by Crippen LogP contribution is 2.22. The monoisotopic (exact) mass is 353 g/mol. The standard InChI is InChI=1S/C19H17F2N5/c1-2-9-26-17(24-16-4-3-7-22-19(16)26)12-25-10-8-23-18(25)13-5-6-14(20)15(21)11-13/h3-8,10-11H,2,9,12H2,1H3. The minimum Gasteiger partial charge on any atom is -0.323 e. The molecule has 0 unspecified atom stereocenters. The fraction of sp³-hybridized carbons (Fsp3) is 0.211. The van der Waals surface area contributed by atoms with E-state index in [9.17, 15) is 8.78 Å². The van der Waals surface area contributed by atoms with Crippen LogP contribution in [0, 0.1) is 11.6 Å². The molecule has 4 aromatic rings. The number of hydrogen-bond acceptors (Lipinski definition) is 3. The van der Waals surface area contributed by atoms with E-state index in [1.54, 1.807) is 18.6 Å². The van der Waals surface area contributed by atoms with Crippen LogP contribution in [0.4, 0.5) is 8.78 Å². The molecule has 5 nitrogen and oxygen atoms in total. The minimum absolute atomic E-state index is 0.463. The van der Waals surface area contributed by atoms with E-state index >= 15 is 0 Å². The molecule has 3 heterocycles. The van der Waals surface area contributed by atoms with Crippen LogP contribution < -0.4 is 0 Å². The molecule has 1 aromatic carbocycles. The Labute approximate surface area is 149 Å². The van der Waals surface area contributed by atoms with Crippen molar-refractivity contribution in [2.45, 2.75) is 26.4 Å². The first kappa shape index (κ1) is 16.4. The summed E-state index contributed by atoms with van der Waals surface area (Å²) in [5, 5.41) is 0. The van der Waals surface area contributed by atoms with E-state index in [0.717, 1.165) is 42.1 Å². The molecule has 0 saturated heterocycles. The molecule has 0 aliphatic carbocycles. The average molecular weight is 353 g/mol. The lowest BCUT2D eigenvalue weighted by Gasteiger charge is -2.10. The quantitative estimate of drug-likeness (QED) is 0.544. The molecule has 0 spiro atoms. The molecule has 0 radical (unpaired) electrons. The van der Waals surface area contributed by atoms with Crippen LogP contribution in [-0.4, -0.2) is 24.1 Å². The van der Waals surface area contributed by atoms with Crippen LogP contribution in [0.25, 0.3) is 22.6 Å². The Kier molecular flexibility index (Phi) is 4.20. The summed E-state index contributed by atoms with van der Waals surface area (Å²) in [4.78, 5) is 13.4. The van der Waals surface area contributed by atoms with Gasteiger partial charge in [-0.25, -0.2) is 23.7 Å². The largest absolute Gasteiger partial charge is 0.323 e. The number of hydrogen-bond donors (Lipinski definition) is 0. The first-order chi connectivity index (χ1) is 12.7. The third kappa shape index (κ3) is 2.85. The second-order valence-corrected chi connectivity index (χ2v) is 6.03. The second-order valence-electron chi connectivity index (χ2n) is 6.03. The van der Waals surface area contributed by atoms with Gasteiger partial charge >= 0.3 is 0 Å². The summed E-state index contributed by atoms with van der Waals surface area (Å²) in [6.45, 7) is 3.37. The van der Waals surface area contributed by atoms with Crippen molar-refractivity contribution in [3.63, 3.8) is 0 Å². The normalized spacial score (nSPS) is 11.3. The lowest BCUT2D eigenvalue weighted by Crippen LogP contribution is -2.10. The molecule has 0 bridgehead atoms. The van der Waals surface area contributed by atoms with Gasteiger partial charge in [0.15, 0.2) is 17.3 Å². The van der Waals surface area contributed by atoms with Crippen molar-refractivity contribution in [1.29, 1.82) is 0 Å². The van der Waals surface area contributed by atoms with E-state index < -0.39 is 11.6 Å². The fourth-order valence-corrected chi connectivity index (χ4v) is 3.07. The first-order valence-electron chi connectivity index (χ1n) is 8.44. The Morgan fingerprint density at radius 3 is 2.73 bits per heavy atom. The van der Waals surface area contributed by atoms with Crippen LogP contribution in [0.15, 0.2) is 48.9 Å². The Balaban J connectivity index is 1.75. The molecule has 0 aliphatic heterocycles. The Hall–Kier alpha value is -3.09. The maximum Gasteiger partial charge on any atom is 0.160 e. The highest BCUT2D eigenvalue weighted by Gasteiger charge is 2.15. The van der Waals surface area contributed by atoms with E-state index in [1.165, 1.54) is 6.07 Å². The van der Waals surface area contributed by atoms with Gasteiger partial charge < -0.3 is 9.13 Å². The van der Waals surface area contributed by atoms with Gasteiger partial charge in [0, 0.05) is 30.7 Å². The summed E-state index contributed by atoms with van der Waals surface area (Å²) in [5.74, 6) is -0.350. The number of fused-ring (bicyclic) bond motifs is 1. The molecule has 7 heteroatoms. The van der Waals surface area contributed by atoms with Crippen molar-refractivity contribution < 1.29 is 8.78 Å². The molecule has 0 fully saturated rings. The molecule has 3 aromatic heterocycles. The summed E-state index contributed by atoms with van der Waals surface area (Å²) in [6.07, 6.45) is 6.15. The molecule has 0 N–H and O–H groups in total. The SMILES string of the molecule is CCCn1c(Cn2ccnc2-c2ccc(F)c(F)c2)nc2cccnc21. The van der Waals surface area contributed by atoms with Gasteiger partial charge in [-0.05, 0) is 36.8 Å². The molecular weight excluding hydrogens is 336 g/mol. The van der Waals surface area contributed by atoms with Gasteiger partial charge in [-0.3, -0.25) is 0 Å². The van der Waals surface area contributed by atoms with Crippen molar-refractivity contribution in [1.82, 2.24) is 24.1 Å². The van der Waals surface area contributed by atoms with Crippen LogP contribution >= 0.6 is 0 Å². The van der Waals surface area contributed by atoms with Crippen molar-refractivity contribution in [3.8, 4) is 11.4 Å². The lowest BCUT2D eigenvalue weighted by atomic mass is 10.2. The van der Waals surface area contributed by atoms with Gasteiger partial charge in [0.05, 0.1) is 6.54 Å². The molecule has 0 atom stereocenters. The highest BCUT2D eigenvalue weighted by atomic mass is 19.2. The number of pyridine rings is 1. The molecule has 4 rings (SSSR count). The predicted molar refractivity (Wildman–Crippen MR) is 94.5 cm³/mol. The molecular formula is C19H17F2N5. The highest BCUT2D eigenvalue weighted by molar-refractivity contribution is 5.71. The lowest BCUT2D eigenvalue weighted by molar-refractivity contribution is 0.509. The zero-order valence-corrected chi connectivity index (χ0v) is 14.2. The van der Waals surface area contributed by atoms with E-state index in [4.69, 9.17) is 4.98 Å². The summed E-state index contributed by atoms with van der Waals surface area (Å²) < 4.78 is 30.8. The predicted octanol–water partition coefficient (Wildman–Crippen LogP) is 4.03. The number of imidazole rings is 2. The second kappa shape index (κ2) is 6.67. The maximum atomic E-state index is 13.6. The van der Waals surface area contributed by atoms with Crippen molar-refractivity contribution in [3.05, 3.63) is 66.4 Å². The number of aryl methyl sites for hydroxylation is 1. The van der Waals surface area contributed by atoms with Crippen molar-refractivity contribution >= 4 is 11.2 Å². The Morgan fingerprint density at radius 2 is 1.92 bits per heavy atom. The number of rotatable bonds is 5. The zero-order valence-electron chi connectivity index (χ0n) is 14.2. The summed E-state index contributed by atoms with van der Waals surface area (Å²) in [5.41, 5.74) is 2.20. The van der Waals surface area contributed by atoms with Gasteiger partial charge in [0.2, 0.25) is 0 Å². The van der Waals surface area contributed by atoms with Gasteiger partial charge in [-0.2, -0.15) is 0 Å². The van der Waals surface area contributed by atoms with Crippen LogP contribution in [0.5, 0.6) is 0 Å². The summed E-state index contributed by atoms with van der Waals surface area (Å²) >= 11 is 0. The molecule has 0 amide bonds. The molecule has 0 saturated carbocycles. The minimum atomic E-state index is -0.889. The summed E-state index contributed by atoms with van der Waals surface area (Å²) in [6, 6.07) is 7.58. The van der Waals surface area contributed by atoms with Gasteiger partial charge in [-0.1, -0.05) is 6.92 Å². The van der Waals surface area contributed by atoms with Crippen LogP contribution in [0.2, 0.25) is 0 Å². The van der Waals surface area contributed by atoms with E-state index in [2.05, 4.69) is 21.5 Å². The third-order valence-electron chi connectivity index (χ3n) is 4.24. The smallest absolute Gasteiger partial charge is 0.160 e. The topological polar surface area (TPSA) is 48.5 Å². The maximum absolute atomic E-state index is 13.6. The van der Waals surface area contributed by atoms with Crippen molar-refractivity contribution in [2.75, 3.05) is 0 Å². The van der Waals surface area contributed by atoms with Crippen LogP contribution in [0.1, 0.15) is 19.2 Å².